The second-order valence-electron chi connectivity index (χ2n) is 6.39. The zero-order valence-corrected chi connectivity index (χ0v) is 12.4. The van der Waals surface area contributed by atoms with E-state index in [2.05, 4.69) is 4.90 Å². The summed E-state index contributed by atoms with van der Waals surface area (Å²) in [7, 11) is 0. The van der Waals surface area contributed by atoms with Crippen molar-refractivity contribution in [2.75, 3.05) is 19.6 Å². The highest BCUT2D eigenvalue weighted by Gasteiger charge is 2.28. The standard InChI is InChI=1S/C16H20N4O2/c17-12-5-7-18(8-6-12)9-13-10-19-14(21)3-1-11-2-4-15(22)20(13)16(11)19/h1-4,12-13H,5-10,17H2. The van der Waals surface area contributed by atoms with Crippen LogP contribution in [0.1, 0.15) is 18.9 Å². The number of rotatable bonds is 2. The molecule has 0 spiro atoms. The van der Waals surface area contributed by atoms with Gasteiger partial charge < -0.3 is 10.6 Å². The maximum Gasteiger partial charge on any atom is 0.252 e. The molecule has 2 aromatic rings. The molecule has 1 atom stereocenters. The number of hydrogen-bond acceptors (Lipinski definition) is 4. The summed E-state index contributed by atoms with van der Waals surface area (Å²) < 4.78 is 3.53. The molecular weight excluding hydrogens is 280 g/mol. The van der Waals surface area contributed by atoms with Gasteiger partial charge in [0.15, 0.2) is 0 Å². The van der Waals surface area contributed by atoms with Crippen molar-refractivity contribution in [3.8, 4) is 0 Å². The van der Waals surface area contributed by atoms with Crippen molar-refractivity contribution in [3.63, 3.8) is 0 Å². The third kappa shape index (κ3) is 2.10. The molecule has 4 rings (SSSR count). The quantitative estimate of drug-likeness (QED) is 0.856. The lowest BCUT2D eigenvalue weighted by molar-refractivity contribution is 0.183. The molecule has 2 aromatic heterocycles. The lowest BCUT2D eigenvalue weighted by Crippen LogP contribution is -2.43. The van der Waals surface area contributed by atoms with Crippen LogP contribution in [0.15, 0.2) is 33.9 Å². The van der Waals surface area contributed by atoms with E-state index in [4.69, 9.17) is 5.73 Å². The van der Waals surface area contributed by atoms with Gasteiger partial charge in [-0.05, 0) is 38.1 Å². The summed E-state index contributed by atoms with van der Waals surface area (Å²) in [5.41, 5.74) is 6.66. The molecule has 6 heteroatoms. The van der Waals surface area contributed by atoms with Gasteiger partial charge in [0.25, 0.3) is 11.1 Å². The number of nitrogens with zero attached hydrogens (tertiary/aromatic N) is 3. The summed E-state index contributed by atoms with van der Waals surface area (Å²) in [4.78, 5) is 26.8. The average Bonchev–Trinajstić information content (AvgIpc) is 2.89. The summed E-state index contributed by atoms with van der Waals surface area (Å²) in [5.74, 6) is 0. The monoisotopic (exact) mass is 300 g/mol. The van der Waals surface area contributed by atoms with E-state index in [1.807, 2.05) is 0 Å². The van der Waals surface area contributed by atoms with Crippen LogP contribution >= 0.6 is 0 Å². The molecule has 1 unspecified atom stereocenters. The smallest absolute Gasteiger partial charge is 0.252 e. The van der Waals surface area contributed by atoms with Gasteiger partial charge in [0.05, 0.1) is 6.04 Å². The zero-order chi connectivity index (χ0) is 15.3. The SMILES string of the molecule is NC1CCN(CC2Cn3c(=O)ccc4ccc(=O)n2c43)CC1. The molecule has 6 nitrogen and oxygen atoms in total. The van der Waals surface area contributed by atoms with Crippen molar-refractivity contribution in [1.82, 2.24) is 14.0 Å². The fourth-order valence-corrected chi connectivity index (χ4v) is 3.73. The molecule has 2 N–H and O–H groups in total. The Hall–Kier alpha value is -1.92. The van der Waals surface area contributed by atoms with Gasteiger partial charge in [0, 0.05) is 36.7 Å². The molecule has 1 saturated heterocycles. The molecule has 116 valence electrons. The predicted molar refractivity (Wildman–Crippen MR) is 85.2 cm³/mol. The van der Waals surface area contributed by atoms with Crippen molar-refractivity contribution in [1.29, 1.82) is 0 Å². The molecule has 0 bridgehead atoms. The normalized spacial score (nSPS) is 22.5. The van der Waals surface area contributed by atoms with Crippen LogP contribution in [0.3, 0.4) is 0 Å². The first kappa shape index (κ1) is 13.7. The van der Waals surface area contributed by atoms with Gasteiger partial charge in [0.2, 0.25) is 0 Å². The highest BCUT2D eigenvalue weighted by molar-refractivity contribution is 5.76. The Kier molecular flexibility index (Phi) is 3.16. The molecule has 4 heterocycles. The number of likely N-dealkylation sites (tertiary alicyclic amines) is 1. The molecule has 0 amide bonds. The second-order valence-corrected chi connectivity index (χ2v) is 6.39. The van der Waals surface area contributed by atoms with E-state index in [1.54, 1.807) is 33.4 Å². The van der Waals surface area contributed by atoms with E-state index >= 15 is 0 Å². The Labute approximate surface area is 127 Å². The van der Waals surface area contributed by atoms with Gasteiger partial charge in [0.1, 0.15) is 5.65 Å². The Morgan fingerprint density at radius 1 is 1.05 bits per heavy atom. The summed E-state index contributed by atoms with van der Waals surface area (Å²) >= 11 is 0. The number of piperidine rings is 1. The number of pyridine rings is 2. The maximum absolute atomic E-state index is 12.3. The third-order valence-electron chi connectivity index (χ3n) is 4.92. The molecule has 0 aliphatic carbocycles. The van der Waals surface area contributed by atoms with Crippen LogP contribution in [0.2, 0.25) is 0 Å². The zero-order valence-electron chi connectivity index (χ0n) is 12.4. The summed E-state index contributed by atoms with van der Waals surface area (Å²) in [6, 6.07) is 7.10. The van der Waals surface area contributed by atoms with Crippen molar-refractivity contribution < 1.29 is 0 Å². The van der Waals surface area contributed by atoms with E-state index < -0.39 is 0 Å². The minimum atomic E-state index is -0.0324. The summed E-state index contributed by atoms with van der Waals surface area (Å²) in [5, 5.41) is 0.947. The van der Waals surface area contributed by atoms with Gasteiger partial charge in [-0.15, -0.1) is 0 Å². The second kappa shape index (κ2) is 5.07. The van der Waals surface area contributed by atoms with Crippen molar-refractivity contribution >= 4 is 11.0 Å². The average molecular weight is 300 g/mol. The van der Waals surface area contributed by atoms with Crippen LogP contribution in [0.25, 0.3) is 11.0 Å². The maximum atomic E-state index is 12.3. The molecule has 1 fully saturated rings. The van der Waals surface area contributed by atoms with Crippen LogP contribution in [-0.4, -0.2) is 39.7 Å². The topological polar surface area (TPSA) is 73.3 Å². The Morgan fingerprint density at radius 3 is 2.45 bits per heavy atom. The number of nitrogens with two attached hydrogens (primary N) is 1. The molecular formula is C16H20N4O2. The van der Waals surface area contributed by atoms with Gasteiger partial charge in [-0.3, -0.25) is 18.7 Å². The fourth-order valence-electron chi connectivity index (χ4n) is 3.73. The Bertz CT molecular complexity index is 825. The predicted octanol–water partition coefficient (Wildman–Crippen LogP) is 0.141. The lowest BCUT2D eigenvalue weighted by atomic mass is 10.1. The van der Waals surface area contributed by atoms with Gasteiger partial charge in [-0.2, -0.15) is 0 Å². The van der Waals surface area contributed by atoms with E-state index in [1.165, 1.54) is 0 Å². The lowest BCUT2D eigenvalue weighted by Gasteiger charge is -2.32. The Morgan fingerprint density at radius 2 is 1.73 bits per heavy atom. The van der Waals surface area contributed by atoms with Crippen LogP contribution in [0.4, 0.5) is 0 Å². The molecule has 2 aliphatic rings. The first-order chi connectivity index (χ1) is 10.6. The van der Waals surface area contributed by atoms with Gasteiger partial charge in [-0.25, -0.2) is 0 Å². The fraction of sp³-hybridized carbons (Fsp3) is 0.500. The van der Waals surface area contributed by atoms with Crippen LogP contribution in [0, 0.1) is 0 Å². The van der Waals surface area contributed by atoms with E-state index in [0.717, 1.165) is 43.5 Å². The van der Waals surface area contributed by atoms with Crippen molar-refractivity contribution in [2.45, 2.75) is 31.5 Å². The summed E-state index contributed by atoms with van der Waals surface area (Å²) in [6.45, 7) is 3.31. The minimum absolute atomic E-state index is 0.0249. The highest BCUT2D eigenvalue weighted by atomic mass is 16.1. The molecule has 22 heavy (non-hydrogen) atoms. The number of aromatic nitrogens is 2. The largest absolute Gasteiger partial charge is 0.328 e. The van der Waals surface area contributed by atoms with E-state index in [9.17, 15) is 9.59 Å². The van der Waals surface area contributed by atoms with Gasteiger partial charge in [-0.1, -0.05) is 0 Å². The number of hydrogen-bond donors (Lipinski definition) is 1. The minimum Gasteiger partial charge on any atom is -0.328 e. The van der Waals surface area contributed by atoms with E-state index in [-0.39, 0.29) is 17.2 Å². The van der Waals surface area contributed by atoms with Crippen LogP contribution in [0.5, 0.6) is 0 Å². The summed E-state index contributed by atoms with van der Waals surface area (Å²) in [6.07, 6.45) is 2.00. The van der Waals surface area contributed by atoms with Crippen molar-refractivity contribution in [3.05, 3.63) is 45.0 Å². The molecule has 0 saturated carbocycles. The first-order valence-corrected chi connectivity index (χ1v) is 7.86. The highest BCUT2D eigenvalue weighted by Crippen LogP contribution is 2.24. The third-order valence-corrected chi connectivity index (χ3v) is 4.92. The van der Waals surface area contributed by atoms with Crippen LogP contribution < -0.4 is 16.9 Å². The Balaban J connectivity index is 1.71. The molecule has 2 aliphatic heterocycles. The molecule has 0 aromatic carbocycles. The van der Waals surface area contributed by atoms with Crippen molar-refractivity contribution in [2.24, 2.45) is 5.73 Å². The molecule has 0 radical (unpaired) electrons. The van der Waals surface area contributed by atoms with E-state index in [0.29, 0.717) is 12.6 Å². The van der Waals surface area contributed by atoms with Gasteiger partial charge >= 0.3 is 0 Å². The first-order valence-electron chi connectivity index (χ1n) is 7.86. The van der Waals surface area contributed by atoms with Crippen LogP contribution in [-0.2, 0) is 6.54 Å².